The van der Waals surface area contributed by atoms with Crippen molar-refractivity contribution in [1.82, 2.24) is 0 Å². The predicted octanol–water partition coefficient (Wildman–Crippen LogP) is 4.85. The number of halogens is 1. The van der Waals surface area contributed by atoms with Crippen LogP contribution in [0.15, 0.2) is 48.5 Å². The van der Waals surface area contributed by atoms with Gasteiger partial charge in [-0.05, 0) is 54.0 Å². The monoisotopic (exact) mass is 285 g/mol. The predicted molar refractivity (Wildman–Crippen MR) is 85.1 cm³/mol. The molecule has 0 bridgehead atoms. The fourth-order valence-corrected chi connectivity index (χ4v) is 2.88. The Labute approximate surface area is 125 Å². The van der Waals surface area contributed by atoms with Crippen LogP contribution in [0.2, 0.25) is 5.02 Å². The SMILES string of the molecule is NC(Cc1ccc(Cl)cc1)c1ccc(C2CCC2)cc1. The largest absolute Gasteiger partial charge is 0.324 e. The van der Waals surface area contributed by atoms with Crippen molar-refractivity contribution in [3.05, 3.63) is 70.2 Å². The van der Waals surface area contributed by atoms with E-state index in [-0.39, 0.29) is 6.04 Å². The molecule has 0 saturated heterocycles. The topological polar surface area (TPSA) is 26.0 Å². The Morgan fingerprint density at radius 2 is 1.65 bits per heavy atom. The van der Waals surface area contributed by atoms with E-state index in [1.54, 1.807) is 0 Å². The summed E-state index contributed by atoms with van der Waals surface area (Å²) in [6.45, 7) is 0. The van der Waals surface area contributed by atoms with Crippen molar-refractivity contribution >= 4 is 11.6 Å². The molecule has 0 spiro atoms. The van der Waals surface area contributed by atoms with Crippen LogP contribution in [0, 0.1) is 0 Å². The van der Waals surface area contributed by atoms with Gasteiger partial charge in [0.05, 0.1) is 0 Å². The van der Waals surface area contributed by atoms with Crippen LogP contribution in [0.4, 0.5) is 0 Å². The first kappa shape index (κ1) is 13.7. The third-order valence-corrected chi connectivity index (χ3v) is 4.56. The highest BCUT2D eigenvalue weighted by Gasteiger charge is 2.19. The van der Waals surface area contributed by atoms with E-state index in [1.165, 1.54) is 36.0 Å². The number of benzene rings is 2. The van der Waals surface area contributed by atoms with Gasteiger partial charge in [0.15, 0.2) is 0 Å². The van der Waals surface area contributed by atoms with E-state index in [0.29, 0.717) is 0 Å². The van der Waals surface area contributed by atoms with Crippen molar-refractivity contribution in [2.45, 2.75) is 37.6 Å². The lowest BCUT2D eigenvalue weighted by molar-refractivity contribution is 0.419. The molecule has 20 heavy (non-hydrogen) atoms. The molecule has 104 valence electrons. The lowest BCUT2D eigenvalue weighted by Gasteiger charge is -2.26. The van der Waals surface area contributed by atoms with Crippen LogP contribution in [0.1, 0.15) is 47.9 Å². The van der Waals surface area contributed by atoms with Crippen LogP contribution in [0.25, 0.3) is 0 Å². The molecule has 1 atom stereocenters. The van der Waals surface area contributed by atoms with E-state index in [0.717, 1.165) is 17.4 Å². The molecule has 2 heteroatoms. The van der Waals surface area contributed by atoms with Crippen molar-refractivity contribution in [3.63, 3.8) is 0 Å². The summed E-state index contributed by atoms with van der Waals surface area (Å²) >= 11 is 5.90. The first-order chi connectivity index (χ1) is 9.72. The zero-order valence-corrected chi connectivity index (χ0v) is 12.3. The van der Waals surface area contributed by atoms with Gasteiger partial charge in [0.25, 0.3) is 0 Å². The van der Waals surface area contributed by atoms with Crippen molar-refractivity contribution < 1.29 is 0 Å². The summed E-state index contributed by atoms with van der Waals surface area (Å²) in [7, 11) is 0. The Hall–Kier alpha value is -1.31. The normalized spacial score (nSPS) is 16.7. The molecule has 1 fully saturated rings. The summed E-state index contributed by atoms with van der Waals surface area (Å²) in [5, 5.41) is 0.771. The van der Waals surface area contributed by atoms with Crippen molar-refractivity contribution in [1.29, 1.82) is 0 Å². The Kier molecular flexibility index (Phi) is 4.09. The third kappa shape index (κ3) is 3.05. The molecule has 1 unspecified atom stereocenters. The quantitative estimate of drug-likeness (QED) is 0.854. The second-order valence-corrected chi connectivity index (χ2v) is 6.17. The molecule has 0 heterocycles. The maximum absolute atomic E-state index is 6.30. The minimum atomic E-state index is 0.0478. The summed E-state index contributed by atoms with van der Waals surface area (Å²) in [6.07, 6.45) is 4.91. The summed E-state index contributed by atoms with van der Waals surface area (Å²) in [5.41, 5.74) is 10.2. The van der Waals surface area contributed by atoms with E-state index < -0.39 is 0 Å². The van der Waals surface area contributed by atoms with Crippen LogP contribution in [0.5, 0.6) is 0 Å². The Morgan fingerprint density at radius 3 is 2.20 bits per heavy atom. The molecule has 1 saturated carbocycles. The summed E-state index contributed by atoms with van der Waals surface area (Å²) in [4.78, 5) is 0. The fraction of sp³-hybridized carbons (Fsp3) is 0.333. The average Bonchev–Trinajstić information content (AvgIpc) is 2.40. The smallest absolute Gasteiger partial charge is 0.0406 e. The molecule has 2 aromatic rings. The minimum Gasteiger partial charge on any atom is -0.324 e. The van der Waals surface area contributed by atoms with Gasteiger partial charge in [-0.25, -0.2) is 0 Å². The van der Waals surface area contributed by atoms with E-state index in [9.17, 15) is 0 Å². The fourth-order valence-electron chi connectivity index (χ4n) is 2.75. The molecule has 1 aliphatic rings. The zero-order valence-electron chi connectivity index (χ0n) is 11.6. The Balaban J connectivity index is 1.66. The van der Waals surface area contributed by atoms with E-state index in [4.69, 9.17) is 17.3 Å². The number of hydrogen-bond acceptors (Lipinski definition) is 1. The molecule has 2 N–H and O–H groups in total. The molecule has 0 aliphatic heterocycles. The molecule has 2 aromatic carbocycles. The van der Waals surface area contributed by atoms with Crippen molar-refractivity contribution in [3.8, 4) is 0 Å². The van der Waals surface area contributed by atoms with Gasteiger partial charge in [-0.3, -0.25) is 0 Å². The van der Waals surface area contributed by atoms with E-state index >= 15 is 0 Å². The number of rotatable bonds is 4. The number of nitrogens with two attached hydrogens (primary N) is 1. The third-order valence-electron chi connectivity index (χ3n) is 4.31. The standard InChI is InChI=1S/C18H20ClN/c19-17-10-4-13(5-11-17)12-18(20)16-8-6-15(7-9-16)14-2-1-3-14/h4-11,14,18H,1-3,12,20H2. The highest BCUT2D eigenvalue weighted by atomic mass is 35.5. The molecule has 3 rings (SSSR count). The van der Waals surface area contributed by atoms with E-state index in [1.807, 2.05) is 24.3 Å². The van der Waals surface area contributed by atoms with Crippen LogP contribution in [-0.2, 0) is 6.42 Å². The molecule has 1 aliphatic carbocycles. The van der Waals surface area contributed by atoms with Gasteiger partial charge in [0.1, 0.15) is 0 Å². The van der Waals surface area contributed by atoms with Gasteiger partial charge in [-0.2, -0.15) is 0 Å². The van der Waals surface area contributed by atoms with Gasteiger partial charge in [-0.15, -0.1) is 0 Å². The lowest BCUT2D eigenvalue weighted by Crippen LogP contribution is -2.14. The molecule has 0 aromatic heterocycles. The molecule has 1 nitrogen and oxygen atoms in total. The Morgan fingerprint density at radius 1 is 1.00 bits per heavy atom. The molecular weight excluding hydrogens is 266 g/mol. The maximum atomic E-state index is 6.30. The number of hydrogen-bond donors (Lipinski definition) is 1. The van der Waals surface area contributed by atoms with Gasteiger partial charge >= 0.3 is 0 Å². The average molecular weight is 286 g/mol. The highest BCUT2D eigenvalue weighted by molar-refractivity contribution is 6.30. The Bertz CT molecular complexity index is 555. The first-order valence-electron chi connectivity index (χ1n) is 7.32. The second-order valence-electron chi connectivity index (χ2n) is 5.73. The summed E-state index contributed by atoms with van der Waals surface area (Å²) < 4.78 is 0. The second kappa shape index (κ2) is 5.99. The molecule has 0 radical (unpaired) electrons. The maximum Gasteiger partial charge on any atom is 0.0406 e. The van der Waals surface area contributed by atoms with E-state index in [2.05, 4.69) is 24.3 Å². The van der Waals surface area contributed by atoms with Crippen LogP contribution in [-0.4, -0.2) is 0 Å². The van der Waals surface area contributed by atoms with Gasteiger partial charge in [-0.1, -0.05) is 54.4 Å². The lowest BCUT2D eigenvalue weighted by atomic mass is 9.80. The summed E-state index contributed by atoms with van der Waals surface area (Å²) in [5.74, 6) is 0.788. The van der Waals surface area contributed by atoms with Crippen molar-refractivity contribution in [2.24, 2.45) is 5.73 Å². The van der Waals surface area contributed by atoms with Crippen LogP contribution >= 0.6 is 11.6 Å². The van der Waals surface area contributed by atoms with Crippen LogP contribution < -0.4 is 5.73 Å². The minimum absolute atomic E-state index is 0.0478. The first-order valence-corrected chi connectivity index (χ1v) is 7.70. The zero-order chi connectivity index (χ0) is 13.9. The van der Waals surface area contributed by atoms with Crippen LogP contribution in [0.3, 0.4) is 0 Å². The van der Waals surface area contributed by atoms with Gasteiger partial charge in [0.2, 0.25) is 0 Å². The van der Waals surface area contributed by atoms with Gasteiger partial charge in [0, 0.05) is 11.1 Å². The summed E-state index contributed by atoms with van der Waals surface area (Å²) in [6, 6.07) is 16.9. The molecular formula is C18H20ClN. The van der Waals surface area contributed by atoms with Crippen molar-refractivity contribution in [2.75, 3.05) is 0 Å². The molecule has 0 amide bonds. The van der Waals surface area contributed by atoms with Gasteiger partial charge < -0.3 is 5.73 Å². The highest BCUT2D eigenvalue weighted by Crippen LogP contribution is 2.36.